The molecule has 0 aliphatic rings. The van der Waals surface area contributed by atoms with Crippen molar-refractivity contribution in [1.29, 1.82) is 0 Å². The molecule has 1 unspecified atom stereocenters. The highest BCUT2D eigenvalue weighted by atomic mass is 32.1. The van der Waals surface area contributed by atoms with E-state index in [1.54, 1.807) is 13.1 Å². The van der Waals surface area contributed by atoms with Gasteiger partial charge in [0, 0.05) is 23.2 Å². The number of hydrogen-bond acceptors (Lipinski definition) is 5. The molecule has 2 heterocycles. The fourth-order valence-corrected chi connectivity index (χ4v) is 2.42. The minimum absolute atomic E-state index is 0.0157. The molecule has 112 valence electrons. The number of carbonyl (C=O) groups is 2. The molecular weight excluding hydrogens is 294 g/mol. The molecule has 2 amide bonds. The minimum Gasteiger partial charge on any atom is -0.476 e. The van der Waals surface area contributed by atoms with Gasteiger partial charge >= 0.3 is 12.0 Å². The van der Waals surface area contributed by atoms with Gasteiger partial charge < -0.3 is 15.7 Å². The van der Waals surface area contributed by atoms with Gasteiger partial charge in [-0.1, -0.05) is 0 Å². The zero-order chi connectivity index (χ0) is 15.4. The maximum absolute atomic E-state index is 11.8. The van der Waals surface area contributed by atoms with Crippen molar-refractivity contribution in [2.75, 3.05) is 0 Å². The molecule has 0 bridgehead atoms. The van der Waals surface area contributed by atoms with E-state index in [-0.39, 0.29) is 17.8 Å². The second-order valence-corrected chi connectivity index (χ2v) is 5.33. The van der Waals surface area contributed by atoms with Crippen molar-refractivity contribution in [3.63, 3.8) is 0 Å². The van der Waals surface area contributed by atoms with Crippen molar-refractivity contribution < 1.29 is 14.7 Å². The fourth-order valence-electron chi connectivity index (χ4n) is 1.62. The van der Waals surface area contributed by atoms with Crippen LogP contribution in [-0.2, 0) is 6.54 Å². The van der Waals surface area contributed by atoms with E-state index < -0.39 is 5.97 Å². The number of urea groups is 1. The minimum atomic E-state index is -1.08. The number of aromatic amines is 1. The van der Waals surface area contributed by atoms with Gasteiger partial charge in [0.15, 0.2) is 5.69 Å². The maximum atomic E-state index is 11.8. The highest BCUT2D eigenvalue weighted by molar-refractivity contribution is 7.09. The van der Waals surface area contributed by atoms with Gasteiger partial charge in [-0.05, 0) is 13.8 Å². The quantitative estimate of drug-likeness (QED) is 0.666. The van der Waals surface area contributed by atoms with Crippen LogP contribution in [-0.4, -0.2) is 32.3 Å². The first-order valence-electron chi connectivity index (χ1n) is 6.19. The average Bonchev–Trinajstić information content (AvgIpc) is 3.05. The number of carbonyl (C=O) groups excluding carboxylic acids is 1. The summed E-state index contributed by atoms with van der Waals surface area (Å²) in [7, 11) is 0. The number of amides is 2. The molecule has 0 aromatic carbocycles. The van der Waals surface area contributed by atoms with E-state index >= 15 is 0 Å². The Kier molecular flexibility index (Phi) is 4.53. The van der Waals surface area contributed by atoms with Crippen LogP contribution < -0.4 is 10.6 Å². The van der Waals surface area contributed by atoms with Gasteiger partial charge in [-0.2, -0.15) is 5.10 Å². The molecule has 21 heavy (non-hydrogen) atoms. The molecule has 0 aliphatic carbocycles. The lowest BCUT2D eigenvalue weighted by Crippen LogP contribution is -2.36. The number of nitrogens with one attached hydrogen (secondary N) is 3. The highest BCUT2D eigenvalue weighted by Gasteiger charge is 2.16. The molecular formula is C12H15N5O3S. The number of aromatic carboxylic acids is 1. The van der Waals surface area contributed by atoms with Crippen LogP contribution in [0.15, 0.2) is 11.6 Å². The second-order valence-electron chi connectivity index (χ2n) is 4.45. The van der Waals surface area contributed by atoms with Crippen LogP contribution >= 0.6 is 11.3 Å². The monoisotopic (exact) mass is 309 g/mol. The smallest absolute Gasteiger partial charge is 0.355 e. The summed E-state index contributed by atoms with van der Waals surface area (Å²) in [5, 5.41) is 22.9. The van der Waals surface area contributed by atoms with Crippen LogP contribution in [0.3, 0.4) is 0 Å². The van der Waals surface area contributed by atoms with Crippen LogP contribution in [0.4, 0.5) is 4.79 Å². The number of aryl methyl sites for hydroxylation is 1. The summed E-state index contributed by atoms with van der Waals surface area (Å²) in [6, 6.07) is -0.719. The summed E-state index contributed by atoms with van der Waals surface area (Å²) in [5.41, 5.74) is 1.78. The number of nitrogens with zero attached hydrogens (tertiary/aromatic N) is 2. The highest BCUT2D eigenvalue weighted by Crippen LogP contribution is 2.17. The first-order valence-corrected chi connectivity index (χ1v) is 7.07. The molecule has 8 nitrogen and oxygen atoms in total. The standard InChI is InChI=1S/C12H15N5O3S/c1-6-8(4-14-17-6)3-13-12(20)15-7(2)10-16-9(5-21-10)11(18)19/h4-5,7H,3H2,1-2H3,(H,14,17)(H,18,19)(H2,13,15,20). The molecule has 0 saturated heterocycles. The van der Waals surface area contributed by atoms with Crippen LogP contribution in [0.5, 0.6) is 0 Å². The van der Waals surface area contributed by atoms with E-state index in [0.717, 1.165) is 11.3 Å². The first kappa shape index (κ1) is 15.0. The Balaban J connectivity index is 1.86. The van der Waals surface area contributed by atoms with Gasteiger partial charge in [0.1, 0.15) is 5.01 Å². The van der Waals surface area contributed by atoms with Gasteiger partial charge in [-0.25, -0.2) is 14.6 Å². The molecule has 2 aromatic rings. The number of carboxylic acid groups (broad SMARTS) is 1. The van der Waals surface area contributed by atoms with Gasteiger partial charge in [-0.15, -0.1) is 11.3 Å². The molecule has 9 heteroatoms. The van der Waals surface area contributed by atoms with Crippen LogP contribution in [0.25, 0.3) is 0 Å². The SMILES string of the molecule is Cc1[nH]ncc1CNC(=O)NC(C)c1nc(C(=O)O)cs1. The number of thiazole rings is 1. The Labute approximate surface area is 124 Å². The Morgan fingerprint density at radius 2 is 2.29 bits per heavy atom. The Morgan fingerprint density at radius 1 is 1.52 bits per heavy atom. The molecule has 1 atom stereocenters. The molecule has 0 fully saturated rings. The third kappa shape index (κ3) is 3.78. The second kappa shape index (κ2) is 6.35. The predicted octanol–water partition coefficient (Wildman–Crippen LogP) is 1.43. The van der Waals surface area contributed by atoms with Crippen LogP contribution in [0, 0.1) is 6.92 Å². The van der Waals surface area contributed by atoms with Gasteiger partial charge in [0.2, 0.25) is 0 Å². The summed E-state index contributed by atoms with van der Waals surface area (Å²) in [4.78, 5) is 26.5. The Hall–Kier alpha value is -2.42. The Morgan fingerprint density at radius 3 is 2.86 bits per heavy atom. The van der Waals surface area contributed by atoms with Crippen molar-refractivity contribution in [2.24, 2.45) is 0 Å². The van der Waals surface area contributed by atoms with E-state index in [0.29, 0.717) is 11.6 Å². The van der Waals surface area contributed by atoms with Crippen molar-refractivity contribution in [1.82, 2.24) is 25.8 Å². The summed E-state index contributed by atoms with van der Waals surface area (Å²) in [6.07, 6.45) is 1.65. The summed E-state index contributed by atoms with van der Waals surface area (Å²) in [5.74, 6) is -1.08. The normalized spacial score (nSPS) is 11.9. The number of carboxylic acids is 1. The van der Waals surface area contributed by atoms with Crippen molar-refractivity contribution in [2.45, 2.75) is 26.4 Å². The van der Waals surface area contributed by atoms with E-state index in [9.17, 15) is 9.59 Å². The van der Waals surface area contributed by atoms with E-state index in [1.165, 1.54) is 16.7 Å². The average molecular weight is 309 g/mol. The lowest BCUT2D eigenvalue weighted by Gasteiger charge is -2.12. The van der Waals surface area contributed by atoms with Crippen LogP contribution in [0.2, 0.25) is 0 Å². The molecule has 0 saturated carbocycles. The van der Waals surface area contributed by atoms with Crippen molar-refractivity contribution in [3.05, 3.63) is 33.5 Å². The maximum Gasteiger partial charge on any atom is 0.355 e. The lowest BCUT2D eigenvalue weighted by molar-refractivity contribution is 0.0691. The third-order valence-electron chi connectivity index (χ3n) is 2.83. The molecule has 0 radical (unpaired) electrons. The van der Waals surface area contributed by atoms with Crippen molar-refractivity contribution in [3.8, 4) is 0 Å². The summed E-state index contributed by atoms with van der Waals surface area (Å²) >= 11 is 1.20. The number of rotatable bonds is 5. The topological polar surface area (TPSA) is 120 Å². The number of hydrogen-bond donors (Lipinski definition) is 4. The summed E-state index contributed by atoms with van der Waals surface area (Å²) in [6.45, 7) is 3.97. The molecule has 2 aromatic heterocycles. The van der Waals surface area contributed by atoms with Crippen LogP contribution in [0.1, 0.15) is 39.7 Å². The van der Waals surface area contributed by atoms with Gasteiger partial charge in [-0.3, -0.25) is 5.10 Å². The van der Waals surface area contributed by atoms with E-state index in [2.05, 4.69) is 25.8 Å². The predicted molar refractivity (Wildman–Crippen MR) is 76.2 cm³/mol. The summed E-state index contributed by atoms with van der Waals surface area (Å²) < 4.78 is 0. The number of aromatic nitrogens is 3. The molecule has 0 aliphatic heterocycles. The fraction of sp³-hybridized carbons (Fsp3) is 0.333. The molecule has 4 N–H and O–H groups in total. The van der Waals surface area contributed by atoms with Gasteiger partial charge in [0.05, 0.1) is 12.2 Å². The zero-order valence-corrected chi connectivity index (χ0v) is 12.3. The number of H-pyrrole nitrogens is 1. The Bertz CT molecular complexity index is 651. The first-order chi connectivity index (χ1) is 9.97. The van der Waals surface area contributed by atoms with E-state index in [1.807, 2.05) is 6.92 Å². The molecule has 0 spiro atoms. The van der Waals surface area contributed by atoms with Gasteiger partial charge in [0.25, 0.3) is 0 Å². The van der Waals surface area contributed by atoms with Crippen molar-refractivity contribution >= 4 is 23.3 Å². The molecule has 2 rings (SSSR count). The van der Waals surface area contributed by atoms with E-state index in [4.69, 9.17) is 5.11 Å². The third-order valence-corrected chi connectivity index (χ3v) is 3.86. The lowest BCUT2D eigenvalue weighted by atomic mass is 10.3. The largest absolute Gasteiger partial charge is 0.476 e. The zero-order valence-electron chi connectivity index (χ0n) is 11.5.